The predicted molar refractivity (Wildman–Crippen MR) is 72.7 cm³/mol. The van der Waals surface area contributed by atoms with Crippen molar-refractivity contribution in [1.82, 2.24) is 15.1 Å². The molecule has 1 N–H and O–H groups in total. The van der Waals surface area contributed by atoms with Gasteiger partial charge in [-0.3, -0.25) is 4.79 Å². The van der Waals surface area contributed by atoms with Crippen molar-refractivity contribution in [1.29, 1.82) is 0 Å². The zero-order valence-electron chi connectivity index (χ0n) is 12.4. The van der Waals surface area contributed by atoms with E-state index in [1.807, 2.05) is 0 Å². The van der Waals surface area contributed by atoms with Gasteiger partial charge in [-0.05, 0) is 25.0 Å². The average molecular weight is 345 g/mol. The first-order valence-corrected chi connectivity index (χ1v) is 7.20. The van der Waals surface area contributed by atoms with Crippen molar-refractivity contribution in [2.45, 2.75) is 19.0 Å². The summed E-state index contributed by atoms with van der Waals surface area (Å²) in [5, 5.41) is 16.4. The van der Waals surface area contributed by atoms with Crippen LogP contribution in [-0.2, 0) is 0 Å². The molecule has 0 saturated carbocycles. The molecular formula is C14H14F3N3O4. The molecule has 2 aromatic rings. The van der Waals surface area contributed by atoms with Crippen molar-refractivity contribution in [3.63, 3.8) is 0 Å². The van der Waals surface area contributed by atoms with Gasteiger partial charge in [-0.1, -0.05) is 0 Å². The molecule has 0 aromatic carbocycles. The lowest BCUT2D eigenvalue weighted by atomic mass is 9.78. The maximum atomic E-state index is 13.1. The number of rotatable bonds is 3. The molecule has 0 aliphatic carbocycles. The summed E-state index contributed by atoms with van der Waals surface area (Å²) in [6.45, 7) is -1.31. The maximum absolute atomic E-state index is 13.1. The summed E-state index contributed by atoms with van der Waals surface area (Å²) < 4.78 is 49.6. The summed E-state index contributed by atoms with van der Waals surface area (Å²) in [6.07, 6.45) is -3.87. The Labute approximate surface area is 134 Å². The van der Waals surface area contributed by atoms with Crippen molar-refractivity contribution < 1.29 is 31.9 Å². The third-order valence-electron chi connectivity index (χ3n) is 4.25. The van der Waals surface area contributed by atoms with E-state index in [4.69, 9.17) is 13.9 Å². The van der Waals surface area contributed by atoms with Crippen molar-refractivity contribution in [3.05, 3.63) is 24.3 Å². The minimum atomic E-state index is -4.52. The Kier molecular flexibility index (Phi) is 4.08. The van der Waals surface area contributed by atoms with Crippen LogP contribution in [0.2, 0.25) is 0 Å². The van der Waals surface area contributed by atoms with Crippen LogP contribution < -0.4 is 0 Å². The van der Waals surface area contributed by atoms with Gasteiger partial charge < -0.3 is 18.8 Å². The number of aromatic nitrogens is 2. The lowest BCUT2D eigenvalue weighted by Crippen LogP contribution is -2.51. The van der Waals surface area contributed by atoms with E-state index in [2.05, 4.69) is 10.2 Å². The van der Waals surface area contributed by atoms with Crippen molar-refractivity contribution in [2.75, 3.05) is 19.7 Å². The molecule has 1 aliphatic rings. The first-order valence-electron chi connectivity index (χ1n) is 7.20. The van der Waals surface area contributed by atoms with E-state index in [1.165, 1.54) is 11.2 Å². The summed E-state index contributed by atoms with van der Waals surface area (Å²) in [5.41, 5.74) is -2.17. The fraction of sp³-hybridized carbons (Fsp3) is 0.500. The van der Waals surface area contributed by atoms with Crippen LogP contribution in [0.5, 0.6) is 0 Å². The van der Waals surface area contributed by atoms with Crippen LogP contribution >= 0.6 is 0 Å². The van der Waals surface area contributed by atoms with Crippen LogP contribution in [0.1, 0.15) is 23.5 Å². The van der Waals surface area contributed by atoms with Gasteiger partial charge in [0, 0.05) is 13.1 Å². The number of aliphatic hydroxyl groups excluding tert-OH is 1. The van der Waals surface area contributed by atoms with E-state index < -0.39 is 24.1 Å². The molecule has 0 atom stereocenters. The number of halogens is 3. The Balaban J connectivity index is 1.70. The molecule has 3 rings (SSSR count). The van der Waals surface area contributed by atoms with Gasteiger partial charge in [0.15, 0.2) is 5.76 Å². The van der Waals surface area contributed by atoms with E-state index in [-0.39, 0.29) is 43.5 Å². The van der Waals surface area contributed by atoms with Crippen molar-refractivity contribution in [2.24, 2.45) is 5.41 Å². The number of carbonyl (C=O) groups excluding carboxylic acids is 1. The quantitative estimate of drug-likeness (QED) is 0.916. The number of likely N-dealkylation sites (tertiary alicyclic amines) is 1. The summed E-state index contributed by atoms with van der Waals surface area (Å²) in [5.74, 6) is -0.657. The minimum Gasteiger partial charge on any atom is -0.459 e. The number of alkyl halides is 3. The van der Waals surface area contributed by atoms with Gasteiger partial charge in [0.05, 0.1) is 18.3 Å². The number of nitrogens with zero attached hydrogens (tertiary/aromatic N) is 3. The molecule has 24 heavy (non-hydrogen) atoms. The second-order valence-electron chi connectivity index (χ2n) is 5.62. The topological polar surface area (TPSA) is 92.6 Å². The Morgan fingerprint density at radius 2 is 2.04 bits per heavy atom. The fourth-order valence-electron chi connectivity index (χ4n) is 2.61. The van der Waals surface area contributed by atoms with Gasteiger partial charge in [-0.25, -0.2) is 0 Å². The van der Waals surface area contributed by atoms with Crippen LogP contribution in [-0.4, -0.2) is 52.0 Å². The van der Waals surface area contributed by atoms with E-state index >= 15 is 0 Å². The Morgan fingerprint density at radius 1 is 1.33 bits per heavy atom. The standard InChI is InChI=1S/C14H14F3N3O4/c15-14(16,17)13(8-21)3-5-20(6-4-13)12(22)11-19-18-10(24-11)9-2-1-7-23-9/h1-2,7,21H,3-6,8H2. The smallest absolute Gasteiger partial charge is 0.396 e. The van der Waals surface area contributed by atoms with Gasteiger partial charge in [-0.2, -0.15) is 13.2 Å². The van der Waals surface area contributed by atoms with Gasteiger partial charge >= 0.3 is 18.0 Å². The minimum absolute atomic E-state index is 0.0142. The largest absolute Gasteiger partial charge is 0.459 e. The zero-order valence-corrected chi connectivity index (χ0v) is 12.4. The maximum Gasteiger partial charge on any atom is 0.396 e. The van der Waals surface area contributed by atoms with Crippen molar-refractivity contribution in [3.8, 4) is 11.7 Å². The van der Waals surface area contributed by atoms with Gasteiger partial charge in [-0.15, -0.1) is 10.2 Å². The van der Waals surface area contributed by atoms with Crippen LogP contribution in [0, 0.1) is 5.41 Å². The number of hydrogen-bond acceptors (Lipinski definition) is 6. The molecule has 10 heteroatoms. The third-order valence-corrected chi connectivity index (χ3v) is 4.25. The molecule has 130 valence electrons. The van der Waals surface area contributed by atoms with Crippen LogP contribution in [0.15, 0.2) is 27.2 Å². The Hall–Kier alpha value is -2.36. The number of piperidine rings is 1. The molecule has 1 amide bonds. The summed E-state index contributed by atoms with van der Waals surface area (Å²) in [7, 11) is 0. The monoisotopic (exact) mass is 345 g/mol. The fourth-order valence-corrected chi connectivity index (χ4v) is 2.61. The molecule has 1 saturated heterocycles. The number of carbonyl (C=O) groups is 1. The molecular weight excluding hydrogens is 331 g/mol. The lowest BCUT2D eigenvalue weighted by Gasteiger charge is -2.41. The third kappa shape index (κ3) is 2.77. The highest BCUT2D eigenvalue weighted by molar-refractivity contribution is 5.89. The van der Waals surface area contributed by atoms with E-state index in [9.17, 15) is 18.0 Å². The van der Waals surface area contributed by atoms with Crippen LogP contribution in [0.4, 0.5) is 13.2 Å². The van der Waals surface area contributed by atoms with Gasteiger partial charge in [0.1, 0.15) is 0 Å². The predicted octanol–water partition coefficient (Wildman–Crippen LogP) is 2.11. The summed E-state index contributed by atoms with van der Waals surface area (Å²) in [6, 6.07) is 3.18. The highest BCUT2D eigenvalue weighted by Gasteiger charge is 2.55. The number of aliphatic hydroxyl groups is 1. The Morgan fingerprint density at radius 3 is 2.58 bits per heavy atom. The normalized spacial score (nSPS) is 17.9. The number of amides is 1. The van der Waals surface area contributed by atoms with Crippen LogP contribution in [0.25, 0.3) is 11.7 Å². The second-order valence-corrected chi connectivity index (χ2v) is 5.62. The molecule has 0 radical (unpaired) electrons. The zero-order chi connectivity index (χ0) is 17.4. The number of furan rings is 1. The van der Waals surface area contributed by atoms with E-state index in [0.29, 0.717) is 0 Å². The molecule has 0 spiro atoms. The van der Waals surface area contributed by atoms with Gasteiger partial charge in [0.25, 0.3) is 5.89 Å². The molecule has 7 nitrogen and oxygen atoms in total. The first kappa shape index (κ1) is 16.5. The molecule has 2 aromatic heterocycles. The SMILES string of the molecule is O=C(c1nnc(-c2ccco2)o1)N1CCC(CO)(C(F)(F)F)CC1. The highest BCUT2D eigenvalue weighted by Crippen LogP contribution is 2.45. The molecule has 3 heterocycles. The first-order chi connectivity index (χ1) is 11.4. The highest BCUT2D eigenvalue weighted by atomic mass is 19.4. The van der Waals surface area contributed by atoms with Crippen molar-refractivity contribution >= 4 is 5.91 Å². The van der Waals surface area contributed by atoms with E-state index in [1.54, 1.807) is 12.1 Å². The summed E-state index contributed by atoms with van der Waals surface area (Å²) >= 11 is 0. The lowest BCUT2D eigenvalue weighted by molar-refractivity contribution is -0.247. The molecule has 1 aliphatic heterocycles. The second kappa shape index (κ2) is 5.93. The molecule has 1 fully saturated rings. The molecule has 0 bridgehead atoms. The molecule has 0 unspecified atom stereocenters. The average Bonchev–Trinajstić information content (AvgIpc) is 3.24. The van der Waals surface area contributed by atoms with Gasteiger partial charge in [0.2, 0.25) is 0 Å². The Bertz CT molecular complexity index is 703. The number of hydrogen-bond donors (Lipinski definition) is 1. The van der Waals surface area contributed by atoms with E-state index in [0.717, 1.165) is 0 Å². The summed E-state index contributed by atoms with van der Waals surface area (Å²) in [4.78, 5) is 13.5. The van der Waals surface area contributed by atoms with Crippen LogP contribution in [0.3, 0.4) is 0 Å².